The molecule has 4 heteroatoms. The summed E-state index contributed by atoms with van der Waals surface area (Å²) in [5.41, 5.74) is 0. The van der Waals surface area contributed by atoms with Crippen molar-refractivity contribution in [3.8, 4) is 0 Å². The quantitative estimate of drug-likeness (QED) is 0.346. The molecule has 0 amide bonds. The predicted octanol–water partition coefficient (Wildman–Crippen LogP) is 0.664. The summed E-state index contributed by atoms with van der Waals surface area (Å²) in [6.45, 7) is 0. The van der Waals surface area contributed by atoms with E-state index in [9.17, 15) is 9.59 Å². The Labute approximate surface area is 70.6 Å². The number of hydrogen-bond acceptors (Lipinski definition) is 4. The van der Waals surface area contributed by atoms with Crippen LogP contribution in [-0.4, -0.2) is 25.2 Å². The van der Waals surface area contributed by atoms with E-state index in [1.165, 1.54) is 13.2 Å². The van der Waals surface area contributed by atoms with Gasteiger partial charge < -0.3 is 4.74 Å². The van der Waals surface area contributed by atoms with Crippen LogP contribution in [0.1, 0.15) is 19.3 Å². The van der Waals surface area contributed by atoms with Crippen molar-refractivity contribution < 1.29 is 14.3 Å². The first-order chi connectivity index (χ1) is 5.79. The minimum absolute atomic E-state index is 0.199. The van der Waals surface area contributed by atoms with Crippen molar-refractivity contribution in [2.45, 2.75) is 25.3 Å². The van der Waals surface area contributed by atoms with Crippen LogP contribution in [0.25, 0.3) is 0 Å². The zero-order valence-corrected chi connectivity index (χ0v) is 6.95. The minimum Gasteiger partial charge on any atom is -0.469 e. The van der Waals surface area contributed by atoms with Gasteiger partial charge in [0.05, 0.1) is 19.1 Å². The lowest BCUT2D eigenvalue weighted by molar-refractivity contribution is -0.145. The van der Waals surface area contributed by atoms with Crippen LogP contribution in [0.4, 0.5) is 0 Å². The maximum Gasteiger partial charge on any atom is 0.310 e. The zero-order valence-electron chi connectivity index (χ0n) is 6.95. The molecule has 2 unspecified atom stereocenters. The first-order valence-corrected chi connectivity index (χ1v) is 3.94. The van der Waals surface area contributed by atoms with Crippen molar-refractivity contribution in [1.82, 2.24) is 0 Å². The molecule has 1 rings (SSSR count). The van der Waals surface area contributed by atoms with E-state index in [-0.39, 0.29) is 17.9 Å². The molecule has 0 aliphatic heterocycles. The normalized spacial score (nSPS) is 27.8. The molecule has 4 nitrogen and oxygen atoms in total. The third kappa shape index (κ3) is 1.71. The van der Waals surface area contributed by atoms with Gasteiger partial charge in [-0.05, 0) is 12.8 Å². The highest BCUT2D eigenvalue weighted by atomic mass is 16.5. The van der Waals surface area contributed by atoms with Crippen LogP contribution in [-0.2, 0) is 14.3 Å². The van der Waals surface area contributed by atoms with Crippen LogP contribution in [0.5, 0.6) is 0 Å². The molecule has 0 bridgehead atoms. The van der Waals surface area contributed by atoms with Gasteiger partial charge in [0.2, 0.25) is 6.08 Å². The second-order valence-electron chi connectivity index (χ2n) is 2.85. The molecule has 12 heavy (non-hydrogen) atoms. The van der Waals surface area contributed by atoms with Crippen LogP contribution >= 0.6 is 0 Å². The molecule has 1 fully saturated rings. The minimum atomic E-state index is -0.267. The molecule has 0 saturated heterocycles. The van der Waals surface area contributed by atoms with Crippen molar-refractivity contribution in [3.05, 3.63) is 0 Å². The van der Waals surface area contributed by atoms with Gasteiger partial charge in [-0.25, -0.2) is 9.79 Å². The van der Waals surface area contributed by atoms with Gasteiger partial charge in [0.25, 0.3) is 0 Å². The van der Waals surface area contributed by atoms with E-state index in [2.05, 4.69) is 9.73 Å². The summed E-state index contributed by atoms with van der Waals surface area (Å²) in [5.74, 6) is -0.493. The Morgan fingerprint density at radius 1 is 1.58 bits per heavy atom. The lowest BCUT2D eigenvalue weighted by atomic mass is 10.1. The fraction of sp³-hybridized carbons (Fsp3) is 0.750. The lowest BCUT2D eigenvalue weighted by Gasteiger charge is -2.10. The summed E-state index contributed by atoms with van der Waals surface area (Å²) in [5, 5.41) is 0. The van der Waals surface area contributed by atoms with Gasteiger partial charge in [-0.2, -0.15) is 0 Å². The van der Waals surface area contributed by atoms with E-state index in [1.54, 1.807) is 0 Å². The molecular formula is C8H11NO3. The van der Waals surface area contributed by atoms with E-state index in [1.807, 2.05) is 0 Å². The molecule has 1 saturated carbocycles. The molecule has 0 spiro atoms. The number of nitrogens with zero attached hydrogens (tertiary/aromatic N) is 1. The van der Waals surface area contributed by atoms with Crippen LogP contribution in [0, 0.1) is 5.92 Å². The van der Waals surface area contributed by atoms with E-state index < -0.39 is 0 Å². The number of carbonyl (C=O) groups is 1. The van der Waals surface area contributed by atoms with E-state index >= 15 is 0 Å². The van der Waals surface area contributed by atoms with Crippen molar-refractivity contribution in [2.75, 3.05) is 7.11 Å². The average Bonchev–Trinajstić information content (AvgIpc) is 2.52. The molecule has 0 aromatic carbocycles. The third-order valence-corrected chi connectivity index (χ3v) is 2.20. The van der Waals surface area contributed by atoms with Crippen LogP contribution in [0.2, 0.25) is 0 Å². The van der Waals surface area contributed by atoms with Crippen molar-refractivity contribution in [1.29, 1.82) is 0 Å². The molecule has 0 aromatic heterocycles. The topological polar surface area (TPSA) is 55.7 Å². The summed E-state index contributed by atoms with van der Waals surface area (Å²) in [6, 6.07) is -0.199. The van der Waals surface area contributed by atoms with E-state index in [0.29, 0.717) is 0 Å². The number of esters is 1. The molecule has 2 atom stereocenters. The first kappa shape index (κ1) is 8.94. The highest BCUT2D eigenvalue weighted by Crippen LogP contribution is 2.28. The molecular weight excluding hydrogens is 158 g/mol. The SMILES string of the molecule is COC(=O)C1CCCC1N=C=O. The van der Waals surface area contributed by atoms with Gasteiger partial charge in [0, 0.05) is 0 Å². The largest absolute Gasteiger partial charge is 0.469 e. The summed E-state index contributed by atoms with van der Waals surface area (Å²) >= 11 is 0. The molecule has 1 aliphatic carbocycles. The van der Waals surface area contributed by atoms with E-state index in [4.69, 9.17) is 0 Å². The fourth-order valence-electron chi connectivity index (χ4n) is 1.59. The molecule has 0 radical (unpaired) electrons. The first-order valence-electron chi connectivity index (χ1n) is 3.94. The second-order valence-corrected chi connectivity index (χ2v) is 2.85. The molecule has 1 aliphatic rings. The van der Waals surface area contributed by atoms with Crippen LogP contribution in [0.3, 0.4) is 0 Å². The monoisotopic (exact) mass is 169 g/mol. The van der Waals surface area contributed by atoms with Gasteiger partial charge in [-0.15, -0.1) is 0 Å². The number of ether oxygens (including phenoxy) is 1. The standard InChI is InChI=1S/C8H11NO3/c1-12-8(11)6-3-2-4-7(6)9-5-10/h6-7H,2-4H2,1H3. The van der Waals surface area contributed by atoms with E-state index in [0.717, 1.165) is 19.3 Å². The van der Waals surface area contributed by atoms with Crippen molar-refractivity contribution >= 4 is 12.0 Å². The number of carbonyl (C=O) groups excluding carboxylic acids is 2. The number of methoxy groups -OCH3 is 1. The van der Waals surface area contributed by atoms with Crippen LogP contribution in [0.15, 0.2) is 4.99 Å². The summed E-state index contributed by atoms with van der Waals surface area (Å²) in [6.07, 6.45) is 3.97. The maximum absolute atomic E-state index is 11.1. The Morgan fingerprint density at radius 3 is 2.92 bits per heavy atom. The predicted molar refractivity (Wildman–Crippen MR) is 41.3 cm³/mol. The van der Waals surface area contributed by atoms with Gasteiger partial charge in [-0.1, -0.05) is 6.42 Å². The van der Waals surface area contributed by atoms with Gasteiger partial charge in [0.15, 0.2) is 0 Å². The van der Waals surface area contributed by atoms with Gasteiger partial charge >= 0.3 is 5.97 Å². The molecule has 0 aromatic rings. The Morgan fingerprint density at radius 2 is 2.33 bits per heavy atom. The Balaban J connectivity index is 2.63. The fourth-order valence-corrected chi connectivity index (χ4v) is 1.59. The molecule has 0 N–H and O–H groups in total. The third-order valence-electron chi connectivity index (χ3n) is 2.20. The summed E-state index contributed by atoms with van der Waals surface area (Å²) in [4.78, 5) is 24.6. The number of rotatable bonds is 2. The Bertz CT molecular complexity index is 220. The molecule has 0 heterocycles. The van der Waals surface area contributed by atoms with Gasteiger partial charge in [-0.3, -0.25) is 4.79 Å². The zero-order chi connectivity index (χ0) is 8.97. The van der Waals surface area contributed by atoms with Crippen molar-refractivity contribution in [2.24, 2.45) is 10.9 Å². The average molecular weight is 169 g/mol. The maximum atomic E-state index is 11.1. The second kappa shape index (κ2) is 4.02. The smallest absolute Gasteiger partial charge is 0.310 e. The number of isocyanates is 1. The Hall–Kier alpha value is -1.15. The molecule has 66 valence electrons. The van der Waals surface area contributed by atoms with Crippen molar-refractivity contribution in [3.63, 3.8) is 0 Å². The van der Waals surface area contributed by atoms with Crippen LogP contribution < -0.4 is 0 Å². The number of hydrogen-bond donors (Lipinski definition) is 0. The highest BCUT2D eigenvalue weighted by molar-refractivity contribution is 5.73. The van der Waals surface area contributed by atoms with Gasteiger partial charge in [0.1, 0.15) is 0 Å². The Kier molecular flexibility index (Phi) is 3.00. The number of aliphatic imine (C=N–C) groups is 1. The lowest BCUT2D eigenvalue weighted by Crippen LogP contribution is -2.22. The highest BCUT2D eigenvalue weighted by Gasteiger charge is 2.33. The summed E-state index contributed by atoms with van der Waals surface area (Å²) in [7, 11) is 1.35. The summed E-state index contributed by atoms with van der Waals surface area (Å²) < 4.78 is 4.58.